The molecule has 33 heavy (non-hydrogen) atoms. The molecule has 166 valence electrons. The summed E-state index contributed by atoms with van der Waals surface area (Å²) in [6.45, 7) is 0.297. The van der Waals surface area contributed by atoms with E-state index in [1.807, 2.05) is 18.2 Å². The second-order valence-electron chi connectivity index (χ2n) is 8.01. The molecule has 5 N–H and O–H groups in total. The first-order valence-corrected chi connectivity index (χ1v) is 10.9. The second kappa shape index (κ2) is 8.22. The van der Waals surface area contributed by atoms with Gasteiger partial charge in [-0.15, -0.1) is 0 Å². The molecule has 0 unspecified atom stereocenters. The number of nitrogens with two attached hydrogens (primary N) is 1. The van der Waals surface area contributed by atoms with Crippen molar-refractivity contribution in [3.63, 3.8) is 0 Å². The minimum Gasteiger partial charge on any atom is -0.508 e. The lowest BCUT2D eigenvalue weighted by Crippen LogP contribution is -2.25. The van der Waals surface area contributed by atoms with E-state index in [0.29, 0.717) is 33.9 Å². The number of pyridine rings is 1. The second-order valence-corrected chi connectivity index (χ2v) is 8.41. The van der Waals surface area contributed by atoms with Gasteiger partial charge in [-0.2, -0.15) is 0 Å². The third-order valence-electron chi connectivity index (χ3n) is 5.72. The van der Waals surface area contributed by atoms with E-state index < -0.39 is 0 Å². The van der Waals surface area contributed by atoms with Crippen molar-refractivity contribution in [1.29, 1.82) is 5.41 Å². The summed E-state index contributed by atoms with van der Waals surface area (Å²) in [5.41, 5.74) is 7.68. The van der Waals surface area contributed by atoms with E-state index >= 15 is 0 Å². The van der Waals surface area contributed by atoms with Crippen LogP contribution in [0.2, 0.25) is 5.02 Å². The Morgan fingerprint density at radius 1 is 1.21 bits per heavy atom. The van der Waals surface area contributed by atoms with Gasteiger partial charge in [-0.05, 0) is 42.5 Å². The van der Waals surface area contributed by atoms with Crippen molar-refractivity contribution >= 4 is 39.7 Å². The Hall–Kier alpha value is -3.91. The fourth-order valence-electron chi connectivity index (χ4n) is 4.02. The monoisotopic (exact) mass is 460 g/mol. The molecule has 5 rings (SSSR count). The van der Waals surface area contributed by atoms with E-state index in [0.717, 1.165) is 23.9 Å². The maximum absolute atomic E-state index is 13.3. The van der Waals surface area contributed by atoms with E-state index in [2.05, 4.69) is 15.3 Å². The molecule has 1 aliphatic rings. The Morgan fingerprint density at radius 3 is 2.76 bits per heavy atom. The summed E-state index contributed by atoms with van der Waals surface area (Å²) < 4.78 is 1.80. The number of benzene rings is 2. The molecule has 0 amide bonds. The van der Waals surface area contributed by atoms with E-state index in [1.165, 1.54) is 18.5 Å². The number of hydrogen-bond acceptors (Lipinski definition) is 7. The first kappa shape index (κ1) is 21.0. The molecule has 4 aromatic rings. The molecule has 0 atom stereocenters. The van der Waals surface area contributed by atoms with Gasteiger partial charge >= 0.3 is 0 Å². The maximum Gasteiger partial charge on any atom is 0.260 e. The number of nitrogens with zero attached hydrogens (tertiary/aromatic N) is 3. The normalized spacial score (nSPS) is 13.2. The van der Waals surface area contributed by atoms with Crippen LogP contribution >= 0.6 is 11.6 Å². The number of phenolic OH excluding ortho intramolecular Hbond substituents is 1. The zero-order valence-corrected chi connectivity index (χ0v) is 18.3. The van der Waals surface area contributed by atoms with Crippen LogP contribution < -0.4 is 16.6 Å². The highest BCUT2D eigenvalue weighted by Gasteiger charge is 2.28. The largest absolute Gasteiger partial charge is 0.508 e. The number of phenols is 1. The molecule has 0 radical (unpaired) electrons. The zero-order valence-electron chi connectivity index (χ0n) is 17.5. The van der Waals surface area contributed by atoms with Crippen molar-refractivity contribution in [3.05, 3.63) is 87.1 Å². The maximum atomic E-state index is 13.3. The quantitative estimate of drug-likeness (QED) is 0.320. The predicted molar refractivity (Wildman–Crippen MR) is 129 cm³/mol. The lowest BCUT2D eigenvalue weighted by molar-refractivity contribution is 0.475. The number of aromatic hydroxyl groups is 1. The summed E-state index contributed by atoms with van der Waals surface area (Å²) in [5.74, 6) is 0.563. The molecular formula is C24H21ClN6O2. The Labute approximate surface area is 194 Å². The van der Waals surface area contributed by atoms with E-state index in [1.54, 1.807) is 22.8 Å². The number of nitrogen functional groups attached to an aromatic ring is 1. The van der Waals surface area contributed by atoms with Crippen LogP contribution in [0.3, 0.4) is 0 Å². The Balaban J connectivity index is 1.53. The van der Waals surface area contributed by atoms with Crippen LogP contribution in [0.4, 0.5) is 11.6 Å². The van der Waals surface area contributed by atoms with Crippen molar-refractivity contribution < 1.29 is 5.11 Å². The summed E-state index contributed by atoms with van der Waals surface area (Å²) in [6.07, 6.45) is 3.21. The van der Waals surface area contributed by atoms with Crippen LogP contribution in [0.5, 0.6) is 5.75 Å². The molecule has 0 saturated heterocycles. The summed E-state index contributed by atoms with van der Waals surface area (Å²) >= 11 is 6.33. The molecule has 2 heterocycles. The van der Waals surface area contributed by atoms with Crippen molar-refractivity contribution in [3.8, 4) is 5.75 Å². The predicted octanol–water partition coefficient (Wildman–Crippen LogP) is 4.10. The van der Waals surface area contributed by atoms with Gasteiger partial charge in [0.05, 0.1) is 28.2 Å². The van der Waals surface area contributed by atoms with Gasteiger partial charge in [-0.25, -0.2) is 9.97 Å². The molecule has 0 bridgehead atoms. The third-order valence-corrected chi connectivity index (χ3v) is 6.04. The molecule has 9 heteroatoms. The molecule has 8 nitrogen and oxygen atoms in total. The van der Waals surface area contributed by atoms with Crippen LogP contribution in [0.25, 0.3) is 10.8 Å². The average molecular weight is 461 g/mol. The van der Waals surface area contributed by atoms with Crippen molar-refractivity contribution in [1.82, 2.24) is 14.5 Å². The Bertz CT molecular complexity index is 1460. The van der Waals surface area contributed by atoms with Crippen molar-refractivity contribution in [2.75, 3.05) is 11.1 Å². The zero-order chi connectivity index (χ0) is 23.1. The minimum absolute atomic E-state index is 0.0467. The smallest absolute Gasteiger partial charge is 0.260 e. The molecule has 1 aliphatic carbocycles. The van der Waals surface area contributed by atoms with Gasteiger partial charge in [0.25, 0.3) is 5.56 Å². The number of nitrogens with one attached hydrogen (secondary N) is 2. The number of hydrogen-bond donors (Lipinski definition) is 4. The van der Waals surface area contributed by atoms with Gasteiger partial charge in [0.2, 0.25) is 0 Å². The number of halogens is 1. The highest BCUT2D eigenvalue weighted by atomic mass is 35.5. The summed E-state index contributed by atoms with van der Waals surface area (Å²) in [4.78, 5) is 21.6. The molecule has 2 aromatic carbocycles. The van der Waals surface area contributed by atoms with Crippen LogP contribution in [0.15, 0.2) is 59.7 Å². The molecule has 1 saturated carbocycles. The standard InChI is InChI=1S/C24H21ClN6O2/c25-18-6-2-3-13-9-16(31(15-7-8-15)24(33)19(13)18)11-28-23-20(22(27)29-12-30-23)21(26)14-4-1-5-17(32)10-14/h1-6,9-10,12,15,26,32H,7-8,11H2,(H3,27,28,29,30). The fraction of sp³-hybridized carbons (Fsp3) is 0.167. The van der Waals surface area contributed by atoms with E-state index in [-0.39, 0.29) is 28.9 Å². The van der Waals surface area contributed by atoms with E-state index in [4.69, 9.17) is 22.7 Å². The van der Waals surface area contributed by atoms with Crippen LogP contribution in [0, 0.1) is 5.41 Å². The SMILES string of the molecule is N=C(c1cccc(O)c1)c1c(N)ncnc1NCc1cc2cccc(Cl)c2c(=O)n1C1CC1. The number of fused-ring (bicyclic) bond motifs is 1. The van der Waals surface area contributed by atoms with Crippen molar-refractivity contribution in [2.24, 2.45) is 0 Å². The van der Waals surface area contributed by atoms with Gasteiger partial charge < -0.3 is 20.7 Å². The highest BCUT2D eigenvalue weighted by Crippen LogP contribution is 2.36. The molecule has 2 aromatic heterocycles. The van der Waals surface area contributed by atoms with Crippen LogP contribution in [-0.2, 0) is 6.54 Å². The Morgan fingerprint density at radius 2 is 2.00 bits per heavy atom. The van der Waals surface area contributed by atoms with E-state index in [9.17, 15) is 9.90 Å². The van der Waals surface area contributed by atoms with Crippen LogP contribution in [-0.4, -0.2) is 25.4 Å². The summed E-state index contributed by atoms with van der Waals surface area (Å²) in [5, 5.41) is 23.4. The third kappa shape index (κ3) is 3.89. The highest BCUT2D eigenvalue weighted by molar-refractivity contribution is 6.35. The number of aromatic nitrogens is 3. The van der Waals surface area contributed by atoms with Gasteiger partial charge in [0, 0.05) is 17.3 Å². The first-order chi connectivity index (χ1) is 15.9. The molecule has 0 spiro atoms. The lowest BCUT2D eigenvalue weighted by Gasteiger charge is -2.17. The average Bonchev–Trinajstić information content (AvgIpc) is 3.62. The fourth-order valence-corrected chi connectivity index (χ4v) is 4.28. The van der Waals surface area contributed by atoms with Gasteiger partial charge in [-0.3, -0.25) is 10.2 Å². The van der Waals surface area contributed by atoms with Crippen molar-refractivity contribution in [2.45, 2.75) is 25.4 Å². The summed E-state index contributed by atoms with van der Waals surface area (Å²) in [7, 11) is 0. The molecule has 1 fully saturated rings. The number of rotatable bonds is 6. The Kier molecular flexibility index (Phi) is 5.22. The first-order valence-electron chi connectivity index (χ1n) is 10.5. The topological polar surface area (TPSA) is 130 Å². The minimum atomic E-state index is -0.104. The van der Waals surface area contributed by atoms with Crippen LogP contribution in [0.1, 0.15) is 35.7 Å². The van der Waals surface area contributed by atoms with Gasteiger partial charge in [0.15, 0.2) is 0 Å². The summed E-state index contributed by atoms with van der Waals surface area (Å²) in [6, 6.07) is 13.9. The molecule has 0 aliphatic heterocycles. The van der Waals surface area contributed by atoms with Gasteiger partial charge in [0.1, 0.15) is 23.7 Å². The van der Waals surface area contributed by atoms with Gasteiger partial charge in [-0.1, -0.05) is 35.9 Å². The lowest BCUT2D eigenvalue weighted by atomic mass is 10.0. The molecular weight excluding hydrogens is 440 g/mol. The number of anilines is 2.